The number of nitrogens with zero attached hydrogens (tertiary/aromatic N) is 3. The van der Waals surface area contributed by atoms with Gasteiger partial charge in [-0.15, -0.1) is 0 Å². The third kappa shape index (κ3) is 5.22. The molecule has 1 aliphatic carbocycles. The van der Waals surface area contributed by atoms with E-state index in [1.54, 1.807) is 13.0 Å². The SMILES string of the molecule is COC(=O)C[C@H](c1cccc(OCc2cnc(-c3cc(C)ncc3F)c(Cl)n2)c1)C1CC1. The number of pyridine rings is 1. The van der Waals surface area contributed by atoms with Gasteiger partial charge in [0.15, 0.2) is 11.0 Å². The van der Waals surface area contributed by atoms with Gasteiger partial charge >= 0.3 is 5.97 Å². The maximum Gasteiger partial charge on any atom is 0.306 e. The predicted octanol–water partition coefficient (Wildman–Crippen LogP) is 5.28. The molecule has 0 aliphatic heterocycles. The van der Waals surface area contributed by atoms with Crippen molar-refractivity contribution in [3.05, 3.63) is 70.6 Å². The van der Waals surface area contributed by atoms with Crippen molar-refractivity contribution in [1.82, 2.24) is 15.0 Å². The van der Waals surface area contributed by atoms with Gasteiger partial charge in [-0.05, 0) is 55.4 Å². The molecule has 8 heteroatoms. The monoisotopic (exact) mass is 455 g/mol. The fraction of sp³-hybridized carbons (Fsp3) is 0.333. The highest BCUT2D eigenvalue weighted by Gasteiger charge is 2.34. The van der Waals surface area contributed by atoms with Gasteiger partial charge in [-0.2, -0.15) is 0 Å². The van der Waals surface area contributed by atoms with Gasteiger partial charge in [0, 0.05) is 11.3 Å². The van der Waals surface area contributed by atoms with E-state index in [2.05, 4.69) is 15.0 Å². The van der Waals surface area contributed by atoms with Gasteiger partial charge in [-0.1, -0.05) is 23.7 Å². The molecule has 0 amide bonds. The van der Waals surface area contributed by atoms with Gasteiger partial charge in [0.1, 0.15) is 18.1 Å². The molecule has 3 aromatic rings. The van der Waals surface area contributed by atoms with Crippen molar-refractivity contribution in [1.29, 1.82) is 0 Å². The van der Waals surface area contributed by atoms with E-state index in [4.69, 9.17) is 21.1 Å². The molecule has 0 bridgehead atoms. The van der Waals surface area contributed by atoms with E-state index in [1.165, 1.54) is 13.3 Å². The number of hydrogen-bond acceptors (Lipinski definition) is 6. The average molecular weight is 456 g/mol. The summed E-state index contributed by atoms with van der Waals surface area (Å²) in [7, 11) is 1.41. The van der Waals surface area contributed by atoms with E-state index >= 15 is 0 Å². The molecule has 0 unspecified atom stereocenters. The van der Waals surface area contributed by atoms with Crippen molar-refractivity contribution in [2.75, 3.05) is 7.11 Å². The van der Waals surface area contributed by atoms with Crippen molar-refractivity contribution >= 4 is 17.6 Å². The lowest BCUT2D eigenvalue weighted by atomic mass is 9.91. The number of halogens is 2. The first-order valence-electron chi connectivity index (χ1n) is 10.4. The maximum absolute atomic E-state index is 14.1. The molecule has 1 aliphatic rings. The Kier molecular flexibility index (Phi) is 6.65. The molecule has 166 valence electrons. The number of methoxy groups -OCH3 is 1. The van der Waals surface area contributed by atoms with E-state index in [1.807, 2.05) is 24.3 Å². The quantitative estimate of drug-likeness (QED) is 0.430. The molecular weight excluding hydrogens is 433 g/mol. The van der Waals surface area contributed by atoms with Crippen molar-refractivity contribution in [3.8, 4) is 17.0 Å². The number of benzene rings is 1. The van der Waals surface area contributed by atoms with Gasteiger partial charge in [-0.25, -0.2) is 9.37 Å². The third-order valence-electron chi connectivity index (χ3n) is 5.51. The Morgan fingerprint density at radius 1 is 1.25 bits per heavy atom. The minimum absolute atomic E-state index is 0.0937. The lowest BCUT2D eigenvalue weighted by Crippen LogP contribution is -2.10. The highest BCUT2D eigenvalue weighted by atomic mass is 35.5. The van der Waals surface area contributed by atoms with Gasteiger partial charge in [-0.3, -0.25) is 14.8 Å². The van der Waals surface area contributed by atoms with Crippen LogP contribution in [0.15, 0.2) is 42.7 Å². The summed E-state index contributed by atoms with van der Waals surface area (Å²) < 4.78 is 24.9. The number of rotatable bonds is 8. The Labute approximate surface area is 190 Å². The van der Waals surface area contributed by atoms with Gasteiger partial charge < -0.3 is 9.47 Å². The molecule has 1 atom stereocenters. The van der Waals surface area contributed by atoms with Crippen LogP contribution < -0.4 is 4.74 Å². The molecular formula is C24H23ClFN3O3. The number of aromatic nitrogens is 3. The lowest BCUT2D eigenvalue weighted by molar-refractivity contribution is -0.141. The molecule has 2 aromatic heterocycles. The standard InChI is InChI=1S/C24H23ClFN3O3/c1-14-8-20(21(26)12-27-14)23-24(25)29-17(11-28-23)13-32-18-5-3-4-16(9-18)19(15-6-7-15)10-22(30)31-2/h3-5,8-9,11-12,15,19H,6-7,10,13H2,1-2H3/t19-/m0/s1. The summed E-state index contributed by atoms with van der Waals surface area (Å²) in [6.45, 7) is 1.92. The van der Waals surface area contributed by atoms with Crippen molar-refractivity contribution in [3.63, 3.8) is 0 Å². The maximum atomic E-state index is 14.1. The Morgan fingerprint density at radius 2 is 2.06 bits per heavy atom. The topological polar surface area (TPSA) is 74.2 Å². The number of aryl methyl sites for hydroxylation is 1. The predicted molar refractivity (Wildman–Crippen MR) is 118 cm³/mol. The van der Waals surface area contributed by atoms with E-state index in [-0.39, 0.29) is 34.9 Å². The van der Waals surface area contributed by atoms with Crippen LogP contribution >= 0.6 is 11.6 Å². The lowest BCUT2D eigenvalue weighted by Gasteiger charge is -2.16. The molecule has 0 N–H and O–H groups in total. The summed E-state index contributed by atoms with van der Waals surface area (Å²) in [6, 6.07) is 9.30. The normalized spacial score (nSPS) is 14.1. The molecule has 32 heavy (non-hydrogen) atoms. The summed E-state index contributed by atoms with van der Waals surface area (Å²) in [5.74, 6) is 0.566. The van der Waals surface area contributed by atoms with Crippen LogP contribution in [0.2, 0.25) is 5.15 Å². The molecule has 0 spiro atoms. The Morgan fingerprint density at radius 3 is 2.78 bits per heavy atom. The summed E-state index contributed by atoms with van der Waals surface area (Å²) >= 11 is 6.28. The minimum atomic E-state index is -0.509. The smallest absolute Gasteiger partial charge is 0.306 e. The Bertz CT molecular complexity index is 1140. The van der Waals surface area contributed by atoms with E-state index in [9.17, 15) is 9.18 Å². The molecule has 1 aromatic carbocycles. The van der Waals surface area contributed by atoms with Crippen molar-refractivity contribution in [2.45, 2.75) is 38.7 Å². The first-order valence-corrected chi connectivity index (χ1v) is 10.8. The number of hydrogen-bond donors (Lipinski definition) is 0. The zero-order valence-corrected chi connectivity index (χ0v) is 18.6. The third-order valence-corrected chi connectivity index (χ3v) is 5.77. The average Bonchev–Trinajstić information content (AvgIpc) is 3.63. The van der Waals surface area contributed by atoms with E-state index < -0.39 is 5.82 Å². The molecule has 6 nitrogen and oxygen atoms in total. The second kappa shape index (κ2) is 9.61. The second-order valence-electron chi connectivity index (χ2n) is 7.89. The van der Waals surface area contributed by atoms with Crippen LogP contribution in [0.25, 0.3) is 11.3 Å². The summed E-state index contributed by atoms with van der Waals surface area (Å²) in [5, 5.41) is 0.0937. The molecule has 1 saturated carbocycles. The molecule has 2 heterocycles. The van der Waals surface area contributed by atoms with Gasteiger partial charge in [0.25, 0.3) is 0 Å². The summed E-state index contributed by atoms with van der Waals surface area (Å²) in [4.78, 5) is 24.3. The first kappa shape index (κ1) is 22.1. The van der Waals surface area contributed by atoms with Crippen LogP contribution in [0, 0.1) is 18.7 Å². The molecule has 0 radical (unpaired) electrons. The van der Waals surface area contributed by atoms with E-state index in [0.717, 1.165) is 24.6 Å². The minimum Gasteiger partial charge on any atom is -0.487 e. The summed E-state index contributed by atoms with van der Waals surface area (Å²) in [6.07, 6.45) is 5.25. The summed E-state index contributed by atoms with van der Waals surface area (Å²) in [5.41, 5.74) is 2.74. The Balaban J connectivity index is 1.47. The van der Waals surface area contributed by atoms with Crippen molar-refractivity contribution < 1.29 is 18.7 Å². The number of ether oxygens (including phenoxy) is 2. The molecule has 1 fully saturated rings. The zero-order chi connectivity index (χ0) is 22.7. The Hall–Kier alpha value is -3.06. The van der Waals surface area contributed by atoms with Crippen LogP contribution in [0.5, 0.6) is 5.75 Å². The van der Waals surface area contributed by atoms with Gasteiger partial charge in [0.05, 0.1) is 31.6 Å². The number of carbonyl (C=O) groups is 1. The largest absolute Gasteiger partial charge is 0.487 e. The van der Waals surface area contributed by atoms with Crippen LogP contribution in [0.4, 0.5) is 4.39 Å². The van der Waals surface area contributed by atoms with Gasteiger partial charge in [0.2, 0.25) is 0 Å². The fourth-order valence-corrected chi connectivity index (χ4v) is 3.94. The van der Waals surface area contributed by atoms with Crippen LogP contribution in [0.3, 0.4) is 0 Å². The van der Waals surface area contributed by atoms with E-state index in [0.29, 0.717) is 29.5 Å². The highest BCUT2D eigenvalue weighted by Crippen LogP contribution is 2.45. The fourth-order valence-electron chi connectivity index (χ4n) is 3.69. The zero-order valence-electron chi connectivity index (χ0n) is 17.8. The van der Waals surface area contributed by atoms with Crippen LogP contribution in [-0.4, -0.2) is 28.0 Å². The highest BCUT2D eigenvalue weighted by molar-refractivity contribution is 6.31. The molecule has 4 rings (SSSR count). The second-order valence-corrected chi connectivity index (χ2v) is 8.25. The number of carbonyl (C=O) groups excluding carboxylic acids is 1. The first-order chi connectivity index (χ1) is 15.4. The van der Waals surface area contributed by atoms with Crippen LogP contribution in [-0.2, 0) is 16.1 Å². The number of esters is 1. The van der Waals surface area contributed by atoms with Crippen LogP contribution in [0.1, 0.15) is 42.1 Å². The molecule has 0 saturated heterocycles. The van der Waals surface area contributed by atoms with Crippen molar-refractivity contribution in [2.24, 2.45) is 5.92 Å².